The predicted octanol–water partition coefficient (Wildman–Crippen LogP) is 4.45. The second-order valence-electron chi connectivity index (χ2n) is 4.74. The van der Waals surface area contributed by atoms with Crippen LogP contribution < -0.4 is 4.90 Å². The molecule has 2 nitrogen and oxygen atoms in total. The molecular weight excluding hydrogens is 322 g/mol. The van der Waals surface area contributed by atoms with Gasteiger partial charge in [-0.3, -0.25) is 4.79 Å². The van der Waals surface area contributed by atoms with Crippen LogP contribution in [-0.2, 0) is 6.42 Å². The van der Waals surface area contributed by atoms with Crippen LogP contribution in [0.2, 0.25) is 0 Å². The fourth-order valence-electron chi connectivity index (χ4n) is 2.72. The van der Waals surface area contributed by atoms with E-state index in [1.54, 1.807) is 0 Å². The lowest BCUT2D eigenvalue weighted by molar-refractivity contribution is 0.112. The maximum atomic E-state index is 11.3. The van der Waals surface area contributed by atoms with Crippen molar-refractivity contribution >= 4 is 39.2 Å². The molecule has 98 valence electrons. The average Bonchev–Trinajstić information content (AvgIpc) is 2.89. The maximum Gasteiger partial charge on any atom is 0.152 e. The zero-order valence-corrected chi connectivity index (χ0v) is 13.0. The van der Waals surface area contributed by atoms with Gasteiger partial charge in [-0.05, 0) is 48.6 Å². The van der Waals surface area contributed by atoms with Gasteiger partial charge in [-0.1, -0.05) is 15.9 Å². The Morgan fingerprint density at radius 1 is 1.42 bits per heavy atom. The van der Waals surface area contributed by atoms with Gasteiger partial charge in [-0.15, -0.1) is 11.3 Å². The molecule has 1 aliphatic rings. The van der Waals surface area contributed by atoms with Crippen molar-refractivity contribution in [2.75, 3.05) is 11.4 Å². The third-order valence-electron chi connectivity index (χ3n) is 3.70. The van der Waals surface area contributed by atoms with E-state index in [0.29, 0.717) is 6.04 Å². The molecule has 0 saturated carbocycles. The number of nitrogens with zero attached hydrogens (tertiary/aromatic N) is 1. The number of hydrogen-bond acceptors (Lipinski definition) is 3. The van der Waals surface area contributed by atoms with E-state index >= 15 is 0 Å². The number of hydrogen-bond donors (Lipinski definition) is 0. The van der Waals surface area contributed by atoms with Gasteiger partial charge in [0.15, 0.2) is 6.29 Å². The molecule has 2 aromatic rings. The molecule has 0 saturated heterocycles. The minimum atomic E-state index is 0.329. The number of thiophene rings is 1. The van der Waals surface area contributed by atoms with E-state index in [1.807, 2.05) is 29.5 Å². The number of carbonyl (C=O) groups is 1. The molecule has 0 fully saturated rings. The van der Waals surface area contributed by atoms with Crippen molar-refractivity contribution in [2.45, 2.75) is 19.4 Å². The molecule has 0 N–H and O–H groups in total. The summed E-state index contributed by atoms with van der Waals surface area (Å²) in [4.78, 5) is 15.1. The molecule has 19 heavy (non-hydrogen) atoms. The van der Waals surface area contributed by atoms with Gasteiger partial charge < -0.3 is 4.90 Å². The van der Waals surface area contributed by atoms with Crippen molar-refractivity contribution in [3.05, 3.63) is 50.1 Å². The lowest BCUT2D eigenvalue weighted by Gasteiger charge is -2.36. The Kier molecular flexibility index (Phi) is 3.46. The summed E-state index contributed by atoms with van der Waals surface area (Å²) in [5.74, 6) is 0. The van der Waals surface area contributed by atoms with Gasteiger partial charge in [0.05, 0.1) is 6.04 Å². The summed E-state index contributed by atoms with van der Waals surface area (Å²) >= 11 is 5.26. The Morgan fingerprint density at radius 2 is 2.26 bits per heavy atom. The first-order valence-corrected chi connectivity index (χ1v) is 7.95. The van der Waals surface area contributed by atoms with Gasteiger partial charge in [-0.2, -0.15) is 0 Å². The highest BCUT2D eigenvalue weighted by Gasteiger charge is 2.26. The van der Waals surface area contributed by atoms with Gasteiger partial charge in [0, 0.05) is 27.1 Å². The Balaban J connectivity index is 2.02. The second kappa shape index (κ2) is 5.10. The van der Waals surface area contributed by atoms with Crippen molar-refractivity contribution < 1.29 is 4.79 Å². The smallest absolute Gasteiger partial charge is 0.152 e. The first kappa shape index (κ1) is 12.9. The molecule has 0 spiro atoms. The average molecular weight is 336 g/mol. The molecule has 0 bridgehead atoms. The first-order chi connectivity index (χ1) is 9.20. The molecule has 0 aliphatic carbocycles. The van der Waals surface area contributed by atoms with Crippen molar-refractivity contribution in [1.29, 1.82) is 0 Å². The molecule has 0 amide bonds. The topological polar surface area (TPSA) is 20.3 Å². The second-order valence-corrected chi connectivity index (χ2v) is 6.66. The number of aldehydes is 1. The normalized spacial score (nSPS) is 18.2. The number of carbonyl (C=O) groups excluding carboxylic acids is 1. The summed E-state index contributed by atoms with van der Waals surface area (Å²) in [5, 5.41) is 2.16. The third-order valence-corrected chi connectivity index (χ3v) is 5.19. The van der Waals surface area contributed by atoms with Gasteiger partial charge in [0.25, 0.3) is 0 Å². The molecule has 1 unspecified atom stereocenters. The number of halogens is 1. The zero-order valence-electron chi connectivity index (χ0n) is 10.6. The lowest BCUT2D eigenvalue weighted by Crippen LogP contribution is -2.33. The van der Waals surface area contributed by atoms with Crippen LogP contribution in [0, 0.1) is 0 Å². The minimum absolute atomic E-state index is 0.329. The van der Waals surface area contributed by atoms with E-state index in [2.05, 4.69) is 39.2 Å². The highest BCUT2D eigenvalue weighted by molar-refractivity contribution is 9.10. The van der Waals surface area contributed by atoms with Crippen molar-refractivity contribution in [2.24, 2.45) is 0 Å². The molecule has 1 aromatic carbocycles. The monoisotopic (exact) mass is 335 g/mol. The molecule has 4 heteroatoms. The standard InChI is InChI=1S/C15H14BrNOS/c1-10-13-5-7-19-15(13)4-6-17(10)14-3-2-12(16)8-11(14)9-18/h2-3,5,7-10H,4,6H2,1H3. The van der Waals surface area contributed by atoms with Gasteiger partial charge in [0.1, 0.15) is 0 Å². The third kappa shape index (κ3) is 2.23. The van der Waals surface area contributed by atoms with Crippen LogP contribution in [0.15, 0.2) is 34.1 Å². The van der Waals surface area contributed by atoms with Crippen LogP contribution in [0.25, 0.3) is 0 Å². The van der Waals surface area contributed by atoms with Gasteiger partial charge >= 0.3 is 0 Å². The highest BCUT2D eigenvalue weighted by atomic mass is 79.9. The summed E-state index contributed by atoms with van der Waals surface area (Å²) in [7, 11) is 0. The van der Waals surface area contributed by atoms with Crippen LogP contribution in [0.3, 0.4) is 0 Å². The Hall–Kier alpha value is -1.13. The number of rotatable bonds is 2. The Bertz CT molecular complexity index is 622. The number of benzene rings is 1. The summed E-state index contributed by atoms with van der Waals surface area (Å²) in [6.45, 7) is 3.18. The molecular formula is C15H14BrNOS. The van der Waals surface area contributed by atoms with E-state index in [0.717, 1.165) is 35.0 Å². The fraction of sp³-hybridized carbons (Fsp3) is 0.267. The Labute approximate surface area is 125 Å². The number of fused-ring (bicyclic) bond motifs is 1. The van der Waals surface area contributed by atoms with Crippen molar-refractivity contribution in [3.63, 3.8) is 0 Å². The SMILES string of the molecule is CC1c2ccsc2CCN1c1ccc(Br)cc1C=O. The van der Waals surface area contributed by atoms with E-state index in [-0.39, 0.29) is 0 Å². The van der Waals surface area contributed by atoms with E-state index < -0.39 is 0 Å². The van der Waals surface area contributed by atoms with Crippen molar-refractivity contribution in [1.82, 2.24) is 0 Å². The molecule has 1 aromatic heterocycles. The summed E-state index contributed by atoms with van der Waals surface area (Å²) in [5.41, 5.74) is 3.18. The Morgan fingerprint density at radius 3 is 3.05 bits per heavy atom. The first-order valence-electron chi connectivity index (χ1n) is 6.28. The maximum absolute atomic E-state index is 11.3. The predicted molar refractivity (Wildman–Crippen MR) is 83.3 cm³/mol. The molecule has 2 heterocycles. The summed E-state index contributed by atoms with van der Waals surface area (Å²) in [6.07, 6.45) is 2.00. The zero-order chi connectivity index (χ0) is 13.4. The summed E-state index contributed by atoms with van der Waals surface area (Å²) < 4.78 is 0.944. The van der Waals surface area contributed by atoms with Crippen molar-refractivity contribution in [3.8, 4) is 0 Å². The molecule has 1 aliphatic heterocycles. The molecule has 0 radical (unpaired) electrons. The largest absolute Gasteiger partial charge is 0.364 e. The van der Waals surface area contributed by atoms with Crippen LogP contribution in [0.4, 0.5) is 5.69 Å². The number of anilines is 1. The van der Waals surface area contributed by atoms with E-state index in [9.17, 15) is 4.79 Å². The van der Waals surface area contributed by atoms with E-state index in [4.69, 9.17) is 0 Å². The fourth-order valence-corrected chi connectivity index (χ4v) is 4.06. The lowest BCUT2D eigenvalue weighted by atomic mass is 9.99. The van der Waals surface area contributed by atoms with Gasteiger partial charge in [0.2, 0.25) is 0 Å². The van der Waals surface area contributed by atoms with E-state index in [1.165, 1.54) is 10.4 Å². The highest BCUT2D eigenvalue weighted by Crippen LogP contribution is 2.37. The van der Waals surface area contributed by atoms with Crippen LogP contribution >= 0.6 is 27.3 Å². The van der Waals surface area contributed by atoms with Crippen LogP contribution in [0.5, 0.6) is 0 Å². The van der Waals surface area contributed by atoms with Crippen LogP contribution in [0.1, 0.15) is 33.8 Å². The van der Waals surface area contributed by atoms with Crippen LogP contribution in [-0.4, -0.2) is 12.8 Å². The quantitative estimate of drug-likeness (QED) is 0.756. The minimum Gasteiger partial charge on any atom is -0.364 e. The molecule has 3 rings (SSSR count). The van der Waals surface area contributed by atoms with Gasteiger partial charge in [-0.25, -0.2) is 0 Å². The summed E-state index contributed by atoms with van der Waals surface area (Å²) in [6, 6.07) is 8.45. The molecule has 1 atom stereocenters.